The van der Waals surface area contributed by atoms with E-state index in [0.29, 0.717) is 6.54 Å². The molecule has 106 valence electrons. The highest BCUT2D eigenvalue weighted by atomic mass is 16.1. The van der Waals surface area contributed by atoms with E-state index in [4.69, 9.17) is 0 Å². The van der Waals surface area contributed by atoms with Crippen LogP contribution in [0.4, 0.5) is 0 Å². The maximum Gasteiger partial charge on any atom is 0.251 e. The average Bonchev–Trinajstić information content (AvgIpc) is 2.89. The van der Waals surface area contributed by atoms with Crippen LogP contribution in [0.3, 0.4) is 0 Å². The molecule has 1 aromatic heterocycles. The molecule has 1 heterocycles. The van der Waals surface area contributed by atoms with Crippen LogP contribution in [-0.4, -0.2) is 22.2 Å². The van der Waals surface area contributed by atoms with Crippen molar-refractivity contribution in [3.05, 3.63) is 53.3 Å². The summed E-state index contributed by atoms with van der Waals surface area (Å²) in [5, 5.41) is 7.15. The molecular formula is C16H21N3O. The van der Waals surface area contributed by atoms with E-state index in [-0.39, 0.29) is 5.91 Å². The van der Waals surface area contributed by atoms with Gasteiger partial charge in [0.1, 0.15) is 0 Å². The van der Waals surface area contributed by atoms with E-state index in [1.807, 2.05) is 41.9 Å². The number of rotatable bonds is 6. The van der Waals surface area contributed by atoms with Gasteiger partial charge in [-0.15, -0.1) is 0 Å². The van der Waals surface area contributed by atoms with Crippen LogP contribution in [0, 0.1) is 6.92 Å². The van der Waals surface area contributed by atoms with Crippen molar-refractivity contribution in [1.82, 2.24) is 15.1 Å². The highest BCUT2D eigenvalue weighted by molar-refractivity contribution is 5.94. The van der Waals surface area contributed by atoms with Crippen LogP contribution < -0.4 is 5.32 Å². The maximum absolute atomic E-state index is 11.9. The molecule has 1 aromatic carbocycles. The van der Waals surface area contributed by atoms with Crippen molar-refractivity contribution in [3.8, 4) is 0 Å². The van der Waals surface area contributed by atoms with Crippen molar-refractivity contribution >= 4 is 5.91 Å². The van der Waals surface area contributed by atoms with Gasteiger partial charge in [-0.2, -0.15) is 5.10 Å². The normalized spacial score (nSPS) is 10.5. The van der Waals surface area contributed by atoms with Gasteiger partial charge in [0.2, 0.25) is 0 Å². The van der Waals surface area contributed by atoms with Crippen molar-refractivity contribution in [1.29, 1.82) is 0 Å². The number of amides is 1. The van der Waals surface area contributed by atoms with Crippen LogP contribution in [0.15, 0.2) is 36.5 Å². The number of benzene rings is 1. The van der Waals surface area contributed by atoms with Crippen LogP contribution in [0.1, 0.15) is 35.0 Å². The molecule has 0 fully saturated rings. The SMILES string of the molecule is CCc1ccc(C(=O)NCCCn2nccc2C)cc1. The molecule has 0 unspecified atom stereocenters. The second kappa shape index (κ2) is 6.89. The Bertz CT molecular complexity index is 557. The molecule has 0 bridgehead atoms. The molecule has 0 atom stereocenters. The molecule has 1 amide bonds. The van der Waals surface area contributed by atoms with Gasteiger partial charge in [-0.1, -0.05) is 19.1 Å². The third-order valence-electron chi connectivity index (χ3n) is 3.39. The zero-order chi connectivity index (χ0) is 14.4. The van der Waals surface area contributed by atoms with Gasteiger partial charge in [-0.3, -0.25) is 9.48 Å². The number of carbonyl (C=O) groups excluding carboxylic acids is 1. The summed E-state index contributed by atoms with van der Waals surface area (Å²) in [6.45, 7) is 5.62. The highest BCUT2D eigenvalue weighted by Crippen LogP contribution is 2.05. The average molecular weight is 271 g/mol. The number of aromatic nitrogens is 2. The van der Waals surface area contributed by atoms with E-state index < -0.39 is 0 Å². The summed E-state index contributed by atoms with van der Waals surface area (Å²) in [6, 6.07) is 9.75. The van der Waals surface area contributed by atoms with E-state index in [0.717, 1.165) is 30.6 Å². The number of nitrogens with zero attached hydrogens (tertiary/aromatic N) is 2. The first-order chi connectivity index (χ1) is 9.70. The molecule has 20 heavy (non-hydrogen) atoms. The summed E-state index contributed by atoms with van der Waals surface area (Å²) < 4.78 is 1.95. The molecular weight excluding hydrogens is 250 g/mol. The second-order valence-corrected chi connectivity index (χ2v) is 4.86. The minimum atomic E-state index is -0.00941. The van der Waals surface area contributed by atoms with Gasteiger partial charge < -0.3 is 5.32 Å². The summed E-state index contributed by atoms with van der Waals surface area (Å²) in [5.41, 5.74) is 3.11. The van der Waals surface area contributed by atoms with Gasteiger partial charge in [0.15, 0.2) is 0 Å². The van der Waals surface area contributed by atoms with Gasteiger partial charge in [0, 0.05) is 30.5 Å². The predicted molar refractivity (Wildman–Crippen MR) is 79.7 cm³/mol. The van der Waals surface area contributed by atoms with Crippen LogP contribution >= 0.6 is 0 Å². The number of hydrogen-bond donors (Lipinski definition) is 1. The number of hydrogen-bond acceptors (Lipinski definition) is 2. The molecule has 4 heteroatoms. The first kappa shape index (κ1) is 14.3. The molecule has 1 N–H and O–H groups in total. The largest absolute Gasteiger partial charge is 0.352 e. The Morgan fingerprint density at radius 3 is 2.60 bits per heavy atom. The third kappa shape index (κ3) is 3.70. The zero-order valence-corrected chi connectivity index (χ0v) is 12.1. The summed E-state index contributed by atoms with van der Waals surface area (Å²) >= 11 is 0. The lowest BCUT2D eigenvalue weighted by Gasteiger charge is -2.07. The topological polar surface area (TPSA) is 46.9 Å². The lowest BCUT2D eigenvalue weighted by molar-refractivity contribution is 0.0952. The van der Waals surface area contributed by atoms with E-state index >= 15 is 0 Å². The van der Waals surface area contributed by atoms with Crippen LogP contribution in [0.2, 0.25) is 0 Å². The standard InChI is InChI=1S/C16H21N3O/c1-3-14-5-7-15(8-6-14)16(20)17-10-4-12-19-13(2)9-11-18-19/h5-9,11H,3-4,10,12H2,1-2H3,(H,17,20). The van der Waals surface area contributed by atoms with Gasteiger partial charge >= 0.3 is 0 Å². The lowest BCUT2D eigenvalue weighted by Crippen LogP contribution is -2.25. The van der Waals surface area contributed by atoms with Gasteiger partial charge in [-0.05, 0) is 43.5 Å². The fourth-order valence-electron chi connectivity index (χ4n) is 2.06. The molecule has 0 radical (unpaired) electrons. The Morgan fingerprint density at radius 2 is 2.00 bits per heavy atom. The summed E-state index contributed by atoms with van der Waals surface area (Å²) in [5.74, 6) is -0.00941. The molecule has 0 spiro atoms. The fourth-order valence-corrected chi connectivity index (χ4v) is 2.06. The molecule has 0 saturated carbocycles. The van der Waals surface area contributed by atoms with Gasteiger partial charge in [0.05, 0.1) is 0 Å². The second-order valence-electron chi connectivity index (χ2n) is 4.86. The van der Waals surface area contributed by atoms with E-state index in [1.165, 1.54) is 5.56 Å². The van der Waals surface area contributed by atoms with Crippen molar-refractivity contribution in [2.75, 3.05) is 6.54 Å². The summed E-state index contributed by atoms with van der Waals surface area (Å²) in [6.07, 6.45) is 3.66. The molecule has 2 aromatic rings. The Morgan fingerprint density at radius 1 is 1.25 bits per heavy atom. The number of aryl methyl sites for hydroxylation is 3. The van der Waals surface area contributed by atoms with Crippen molar-refractivity contribution in [2.24, 2.45) is 0 Å². The molecule has 0 aliphatic rings. The molecule has 0 aliphatic carbocycles. The lowest BCUT2D eigenvalue weighted by atomic mass is 10.1. The number of nitrogens with one attached hydrogen (secondary N) is 1. The predicted octanol–water partition coefficient (Wildman–Crippen LogP) is 2.57. The summed E-state index contributed by atoms with van der Waals surface area (Å²) in [7, 11) is 0. The van der Waals surface area contributed by atoms with Crippen LogP contribution in [0.5, 0.6) is 0 Å². The van der Waals surface area contributed by atoms with Gasteiger partial charge in [-0.25, -0.2) is 0 Å². The third-order valence-corrected chi connectivity index (χ3v) is 3.39. The molecule has 4 nitrogen and oxygen atoms in total. The quantitative estimate of drug-likeness (QED) is 0.821. The highest BCUT2D eigenvalue weighted by Gasteiger charge is 2.04. The van der Waals surface area contributed by atoms with Crippen molar-refractivity contribution < 1.29 is 4.79 Å². The monoisotopic (exact) mass is 271 g/mol. The zero-order valence-electron chi connectivity index (χ0n) is 12.1. The minimum absolute atomic E-state index is 0.00941. The van der Waals surface area contributed by atoms with Crippen LogP contribution in [-0.2, 0) is 13.0 Å². The smallest absolute Gasteiger partial charge is 0.251 e. The fraction of sp³-hybridized carbons (Fsp3) is 0.375. The minimum Gasteiger partial charge on any atom is -0.352 e. The Hall–Kier alpha value is -2.10. The number of carbonyl (C=O) groups is 1. The Kier molecular flexibility index (Phi) is 4.93. The first-order valence-corrected chi connectivity index (χ1v) is 7.06. The maximum atomic E-state index is 11.9. The van der Waals surface area contributed by atoms with Crippen molar-refractivity contribution in [3.63, 3.8) is 0 Å². The molecule has 0 saturated heterocycles. The van der Waals surface area contributed by atoms with E-state index in [1.54, 1.807) is 6.20 Å². The van der Waals surface area contributed by atoms with E-state index in [9.17, 15) is 4.79 Å². The summed E-state index contributed by atoms with van der Waals surface area (Å²) in [4.78, 5) is 11.9. The molecule has 0 aliphatic heterocycles. The van der Waals surface area contributed by atoms with Crippen LogP contribution in [0.25, 0.3) is 0 Å². The molecule has 2 rings (SSSR count). The Labute approximate surface area is 119 Å². The first-order valence-electron chi connectivity index (χ1n) is 7.06. The Balaban J connectivity index is 1.76. The van der Waals surface area contributed by atoms with Crippen molar-refractivity contribution in [2.45, 2.75) is 33.2 Å². The van der Waals surface area contributed by atoms with E-state index in [2.05, 4.69) is 17.3 Å². The van der Waals surface area contributed by atoms with Gasteiger partial charge in [0.25, 0.3) is 5.91 Å².